The number of nitrogens with one attached hydrogen (secondary N) is 2. The van der Waals surface area contributed by atoms with Gasteiger partial charge in [-0.2, -0.15) is 0 Å². The zero-order valence-corrected chi connectivity index (χ0v) is 18.1. The Labute approximate surface area is 183 Å². The molecule has 0 aliphatic carbocycles. The number of carboxylic acid groups (broad SMARTS) is 2. The van der Waals surface area contributed by atoms with Gasteiger partial charge in [0.2, 0.25) is 12.2 Å². The second-order valence-electron chi connectivity index (χ2n) is 6.39. The molecular formula is C18H28N2O12. The summed E-state index contributed by atoms with van der Waals surface area (Å²) in [7, 11) is 0. The van der Waals surface area contributed by atoms with Crippen LogP contribution < -0.4 is 10.6 Å². The summed E-state index contributed by atoms with van der Waals surface area (Å²) in [4.78, 5) is 69.2. The highest BCUT2D eigenvalue weighted by molar-refractivity contribution is 5.93. The lowest BCUT2D eigenvalue weighted by molar-refractivity contribution is -0.176. The van der Waals surface area contributed by atoms with E-state index in [4.69, 9.17) is 29.2 Å². The maximum atomic E-state index is 12.6. The lowest BCUT2D eigenvalue weighted by atomic mass is 10.1. The molecular weight excluding hydrogens is 436 g/mol. The van der Waals surface area contributed by atoms with E-state index in [9.17, 15) is 28.8 Å². The Morgan fingerprint density at radius 1 is 0.688 bits per heavy atom. The number of ether oxygens (including phenoxy) is 4. The van der Waals surface area contributed by atoms with Crippen molar-refractivity contribution in [1.29, 1.82) is 0 Å². The van der Waals surface area contributed by atoms with Crippen LogP contribution in [0.2, 0.25) is 0 Å². The molecule has 0 heterocycles. The summed E-state index contributed by atoms with van der Waals surface area (Å²) < 4.78 is 20.0. The minimum absolute atomic E-state index is 0.228. The molecule has 0 fully saturated rings. The predicted molar refractivity (Wildman–Crippen MR) is 103 cm³/mol. The second-order valence-corrected chi connectivity index (χ2v) is 6.39. The number of hydrogen-bond acceptors (Lipinski definition) is 10. The molecule has 14 heteroatoms. The fourth-order valence-electron chi connectivity index (χ4n) is 2.16. The molecule has 2 unspecified atom stereocenters. The van der Waals surface area contributed by atoms with Crippen LogP contribution in [0.25, 0.3) is 0 Å². The van der Waals surface area contributed by atoms with Crippen LogP contribution in [0.3, 0.4) is 0 Å². The summed E-state index contributed by atoms with van der Waals surface area (Å²) in [6, 6.07) is 0. The van der Waals surface area contributed by atoms with E-state index in [-0.39, 0.29) is 26.1 Å². The molecule has 2 amide bonds. The fourth-order valence-corrected chi connectivity index (χ4v) is 2.16. The van der Waals surface area contributed by atoms with Crippen molar-refractivity contribution < 1.29 is 57.9 Å². The minimum Gasteiger partial charge on any atom is -0.481 e. The SMILES string of the molecule is CC(=O)O[C@H](C(=O)NC(C)OCCC(=O)O)[C@H](OC(C)=O)C(=O)NC(C)OCCC(=O)O. The van der Waals surface area contributed by atoms with Crippen molar-refractivity contribution in [3.8, 4) is 0 Å². The lowest BCUT2D eigenvalue weighted by Crippen LogP contribution is -2.56. The van der Waals surface area contributed by atoms with Crippen LogP contribution >= 0.6 is 0 Å². The van der Waals surface area contributed by atoms with Crippen molar-refractivity contribution in [2.24, 2.45) is 0 Å². The largest absolute Gasteiger partial charge is 0.481 e. The Morgan fingerprint density at radius 3 is 1.25 bits per heavy atom. The number of esters is 2. The van der Waals surface area contributed by atoms with Gasteiger partial charge in [0.05, 0.1) is 26.1 Å². The maximum absolute atomic E-state index is 12.6. The Morgan fingerprint density at radius 2 is 1.00 bits per heavy atom. The molecule has 4 atom stereocenters. The average molecular weight is 464 g/mol. The van der Waals surface area contributed by atoms with Gasteiger partial charge in [-0.05, 0) is 13.8 Å². The monoisotopic (exact) mass is 464 g/mol. The van der Waals surface area contributed by atoms with Crippen LogP contribution in [0.15, 0.2) is 0 Å². The first-order valence-corrected chi connectivity index (χ1v) is 9.45. The number of aliphatic carboxylic acids is 2. The van der Waals surface area contributed by atoms with E-state index in [1.165, 1.54) is 13.8 Å². The fraction of sp³-hybridized carbons (Fsp3) is 0.667. The van der Waals surface area contributed by atoms with Gasteiger partial charge in [-0.25, -0.2) is 0 Å². The molecule has 0 aliphatic rings. The van der Waals surface area contributed by atoms with Crippen molar-refractivity contribution >= 4 is 35.7 Å². The molecule has 182 valence electrons. The minimum atomic E-state index is -1.91. The first-order valence-electron chi connectivity index (χ1n) is 9.45. The molecule has 32 heavy (non-hydrogen) atoms. The zero-order valence-electron chi connectivity index (χ0n) is 18.1. The predicted octanol–water partition coefficient (Wildman–Crippen LogP) is -1.24. The van der Waals surface area contributed by atoms with Gasteiger partial charge in [-0.3, -0.25) is 28.8 Å². The smallest absolute Gasteiger partial charge is 0.305 e. The quantitative estimate of drug-likeness (QED) is 0.166. The summed E-state index contributed by atoms with van der Waals surface area (Å²) >= 11 is 0. The molecule has 0 spiro atoms. The molecule has 0 bridgehead atoms. The second kappa shape index (κ2) is 14.7. The van der Waals surface area contributed by atoms with Crippen LogP contribution in [-0.4, -0.2) is 83.8 Å². The molecule has 4 N–H and O–H groups in total. The molecule has 0 saturated heterocycles. The molecule has 0 aromatic carbocycles. The number of rotatable bonds is 15. The average Bonchev–Trinajstić information content (AvgIpc) is 2.63. The summed E-state index contributed by atoms with van der Waals surface area (Å²) in [6.07, 6.45) is -6.53. The van der Waals surface area contributed by atoms with Crippen molar-refractivity contribution in [2.45, 2.75) is 65.2 Å². The summed E-state index contributed by atoms with van der Waals surface area (Å²) in [5.41, 5.74) is 0. The number of amides is 2. The van der Waals surface area contributed by atoms with Crippen molar-refractivity contribution in [1.82, 2.24) is 10.6 Å². The standard InChI is InChI=1S/C18H28N2O12/c1-9(29-7-5-13(23)24)19-17(27)15(31-11(3)21)16(32-12(4)22)18(28)20-10(2)30-8-6-14(25)26/h9-10,15-16H,5-8H2,1-4H3,(H,19,27)(H,20,28)(H,23,24)(H,25,26)/t9?,10?,15-,16-/m0/s1. The van der Waals surface area contributed by atoms with E-state index >= 15 is 0 Å². The Balaban J connectivity index is 5.32. The maximum Gasteiger partial charge on any atom is 0.305 e. The van der Waals surface area contributed by atoms with Crippen molar-refractivity contribution in [3.63, 3.8) is 0 Å². The highest BCUT2D eigenvalue weighted by Crippen LogP contribution is 2.09. The van der Waals surface area contributed by atoms with Gasteiger partial charge in [0.1, 0.15) is 12.5 Å². The number of hydrogen-bond donors (Lipinski definition) is 4. The highest BCUT2D eigenvalue weighted by Gasteiger charge is 2.40. The van der Waals surface area contributed by atoms with Gasteiger partial charge in [-0.1, -0.05) is 0 Å². The van der Waals surface area contributed by atoms with Gasteiger partial charge in [0.15, 0.2) is 0 Å². The van der Waals surface area contributed by atoms with Gasteiger partial charge in [-0.15, -0.1) is 0 Å². The first kappa shape index (κ1) is 28.7. The zero-order chi connectivity index (χ0) is 24.8. The van der Waals surface area contributed by atoms with Gasteiger partial charge < -0.3 is 39.8 Å². The third-order valence-corrected chi connectivity index (χ3v) is 3.44. The molecule has 14 nitrogen and oxygen atoms in total. The topological polar surface area (TPSA) is 204 Å². The van der Waals surface area contributed by atoms with E-state index in [1.54, 1.807) is 0 Å². The normalized spacial score (nSPS) is 14.2. The van der Waals surface area contributed by atoms with E-state index < -0.39 is 60.4 Å². The molecule has 0 aromatic rings. The van der Waals surface area contributed by atoms with Gasteiger partial charge in [0, 0.05) is 13.8 Å². The number of carbonyl (C=O) groups is 6. The van der Waals surface area contributed by atoms with Crippen LogP contribution in [0, 0.1) is 0 Å². The Hall–Kier alpha value is -3.26. The first-order chi connectivity index (χ1) is 14.8. The van der Waals surface area contributed by atoms with Gasteiger partial charge in [0.25, 0.3) is 11.8 Å². The third kappa shape index (κ3) is 13.1. The van der Waals surface area contributed by atoms with Crippen LogP contribution in [0.5, 0.6) is 0 Å². The summed E-state index contributed by atoms with van der Waals surface area (Å²) in [6.45, 7) is 4.21. The highest BCUT2D eigenvalue weighted by atomic mass is 16.6. The van der Waals surface area contributed by atoms with E-state index in [0.29, 0.717) is 0 Å². The summed E-state index contributed by atoms with van der Waals surface area (Å²) in [5.74, 6) is -6.26. The Kier molecular flexibility index (Phi) is 13.2. The molecule has 0 aliphatic heterocycles. The van der Waals surface area contributed by atoms with Crippen molar-refractivity contribution in [2.75, 3.05) is 13.2 Å². The summed E-state index contributed by atoms with van der Waals surface area (Å²) in [5, 5.41) is 21.8. The molecule has 0 aromatic heterocycles. The van der Waals surface area contributed by atoms with E-state index in [0.717, 1.165) is 13.8 Å². The molecule has 0 radical (unpaired) electrons. The Bertz CT molecular complexity index is 637. The number of carbonyl (C=O) groups excluding carboxylic acids is 4. The van der Waals surface area contributed by atoms with Crippen LogP contribution in [0.1, 0.15) is 40.5 Å². The van der Waals surface area contributed by atoms with E-state index in [2.05, 4.69) is 10.6 Å². The van der Waals surface area contributed by atoms with Crippen molar-refractivity contribution in [3.05, 3.63) is 0 Å². The van der Waals surface area contributed by atoms with Gasteiger partial charge >= 0.3 is 23.9 Å². The number of carboxylic acids is 2. The third-order valence-electron chi connectivity index (χ3n) is 3.44. The lowest BCUT2D eigenvalue weighted by Gasteiger charge is -2.27. The van der Waals surface area contributed by atoms with Crippen LogP contribution in [-0.2, 0) is 47.7 Å². The molecule has 0 rings (SSSR count). The molecule has 0 saturated carbocycles. The van der Waals surface area contributed by atoms with E-state index in [1.807, 2.05) is 0 Å². The van der Waals surface area contributed by atoms with Crippen LogP contribution in [0.4, 0.5) is 0 Å².